The topological polar surface area (TPSA) is 55.5 Å². The van der Waals surface area contributed by atoms with Gasteiger partial charge in [-0.15, -0.1) is 0 Å². The third kappa shape index (κ3) is 2.57. The van der Waals surface area contributed by atoms with E-state index in [1.54, 1.807) is 0 Å². The van der Waals surface area contributed by atoms with E-state index in [1.165, 1.54) is 12.8 Å². The van der Waals surface area contributed by atoms with E-state index in [0.29, 0.717) is 13.2 Å². The van der Waals surface area contributed by atoms with E-state index in [2.05, 4.69) is 20.8 Å². The minimum absolute atomic E-state index is 0.0755. The molecule has 1 heterocycles. The Morgan fingerprint density at radius 1 is 1.32 bits per heavy atom. The number of hydrogen-bond donors (Lipinski definition) is 2. The Hall–Kier alpha value is -0.120. The molecule has 3 nitrogen and oxygen atoms in total. The molecule has 4 atom stereocenters. The van der Waals surface area contributed by atoms with Crippen molar-refractivity contribution in [1.29, 1.82) is 0 Å². The fourth-order valence-corrected chi connectivity index (χ4v) is 4.29. The molecule has 0 aromatic carbocycles. The zero-order valence-corrected chi connectivity index (χ0v) is 12.9. The Labute approximate surface area is 117 Å². The van der Waals surface area contributed by atoms with Crippen molar-refractivity contribution in [2.75, 3.05) is 13.2 Å². The van der Waals surface area contributed by atoms with Crippen LogP contribution in [0.25, 0.3) is 0 Å². The molecule has 0 amide bonds. The van der Waals surface area contributed by atoms with Crippen LogP contribution in [0.3, 0.4) is 0 Å². The van der Waals surface area contributed by atoms with E-state index in [1.807, 2.05) is 0 Å². The Morgan fingerprint density at radius 2 is 2.05 bits per heavy atom. The van der Waals surface area contributed by atoms with Crippen LogP contribution >= 0.6 is 0 Å². The van der Waals surface area contributed by atoms with Crippen LogP contribution in [0.15, 0.2) is 0 Å². The predicted molar refractivity (Wildman–Crippen MR) is 78.0 cm³/mol. The van der Waals surface area contributed by atoms with Crippen molar-refractivity contribution in [3.8, 4) is 0 Å². The average Bonchev–Trinajstić information content (AvgIpc) is 2.84. The second kappa shape index (κ2) is 5.34. The molecule has 2 fully saturated rings. The Balaban J connectivity index is 2.22. The summed E-state index contributed by atoms with van der Waals surface area (Å²) < 4.78 is 5.91. The lowest BCUT2D eigenvalue weighted by atomic mass is 9.63. The minimum atomic E-state index is -0.630. The van der Waals surface area contributed by atoms with E-state index in [4.69, 9.17) is 10.5 Å². The maximum absolute atomic E-state index is 11.3. The lowest BCUT2D eigenvalue weighted by Gasteiger charge is -2.52. The molecule has 3 N–H and O–H groups in total. The number of aliphatic hydroxyl groups is 1. The standard InChI is InChI=1S/C16H31NO2/c1-4-13-6-7-15(10-13,12-17)16(18)8-9-19-14(3,5-2)11-16/h13,18H,4-12,17H2,1-3H3. The van der Waals surface area contributed by atoms with Crippen LogP contribution in [0.4, 0.5) is 0 Å². The highest BCUT2D eigenvalue weighted by Gasteiger charge is 2.56. The van der Waals surface area contributed by atoms with Gasteiger partial charge >= 0.3 is 0 Å². The summed E-state index contributed by atoms with van der Waals surface area (Å²) in [6.07, 6.45) is 7.04. The first-order valence-electron chi connectivity index (χ1n) is 7.99. The van der Waals surface area contributed by atoms with Gasteiger partial charge in [0.05, 0.1) is 17.8 Å². The van der Waals surface area contributed by atoms with E-state index in [-0.39, 0.29) is 11.0 Å². The van der Waals surface area contributed by atoms with E-state index in [9.17, 15) is 5.11 Å². The first-order chi connectivity index (χ1) is 8.92. The van der Waals surface area contributed by atoms with Crippen molar-refractivity contribution in [2.24, 2.45) is 17.1 Å². The van der Waals surface area contributed by atoms with Crippen LogP contribution in [0.5, 0.6) is 0 Å². The summed E-state index contributed by atoms with van der Waals surface area (Å²) in [4.78, 5) is 0. The zero-order chi connectivity index (χ0) is 14.1. The fourth-order valence-electron chi connectivity index (χ4n) is 4.29. The second-order valence-corrected chi connectivity index (χ2v) is 7.11. The van der Waals surface area contributed by atoms with Gasteiger partial charge < -0.3 is 15.6 Å². The molecule has 2 rings (SSSR count). The third-order valence-electron chi connectivity index (χ3n) is 6.05. The summed E-state index contributed by atoms with van der Waals surface area (Å²) in [5.74, 6) is 0.739. The monoisotopic (exact) mass is 269 g/mol. The highest BCUT2D eigenvalue weighted by Crippen LogP contribution is 2.55. The molecule has 0 spiro atoms. The molecular weight excluding hydrogens is 238 g/mol. The van der Waals surface area contributed by atoms with Crippen LogP contribution in [0.1, 0.15) is 65.7 Å². The lowest BCUT2D eigenvalue weighted by molar-refractivity contribution is -0.199. The molecule has 1 saturated heterocycles. The SMILES string of the molecule is CCC1CCC(CN)(C2(O)CCOC(C)(CC)C2)C1. The molecule has 2 aliphatic rings. The zero-order valence-electron chi connectivity index (χ0n) is 12.9. The van der Waals surface area contributed by atoms with Gasteiger partial charge in [-0.1, -0.05) is 20.3 Å². The fraction of sp³-hybridized carbons (Fsp3) is 1.00. The first kappa shape index (κ1) is 15.3. The summed E-state index contributed by atoms with van der Waals surface area (Å²) in [5.41, 5.74) is 5.24. The second-order valence-electron chi connectivity index (χ2n) is 7.11. The lowest BCUT2D eigenvalue weighted by Crippen LogP contribution is -2.58. The normalized spacial score (nSPS) is 47.5. The summed E-state index contributed by atoms with van der Waals surface area (Å²) in [5, 5.41) is 11.3. The highest BCUT2D eigenvalue weighted by molar-refractivity contribution is 5.08. The smallest absolute Gasteiger partial charge is 0.0765 e. The highest BCUT2D eigenvalue weighted by atomic mass is 16.5. The summed E-state index contributed by atoms with van der Waals surface area (Å²) in [6, 6.07) is 0. The summed E-state index contributed by atoms with van der Waals surface area (Å²) >= 11 is 0. The molecular formula is C16H31NO2. The van der Waals surface area contributed by atoms with Crippen molar-refractivity contribution < 1.29 is 9.84 Å². The quantitative estimate of drug-likeness (QED) is 0.825. The van der Waals surface area contributed by atoms with E-state index in [0.717, 1.165) is 38.0 Å². The Kier molecular flexibility index (Phi) is 4.29. The Bertz CT molecular complexity index is 322. The Morgan fingerprint density at radius 3 is 2.58 bits per heavy atom. The summed E-state index contributed by atoms with van der Waals surface area (Å²) in [7, 11) is 0. The molecule has 0 aromatic heterocycles. The number of hydrogen-bond acceptors (Lipinski definition) is 3. The summed E-state index contributed by atoms with van der Waals surface area (Å²) in [6.45, 7) is 7.80. The van der Waals surface area contributed by atoms with Crippen molar-refractivity contribution in [3.63, 3.8) is 0 Å². The maximum atomic E-state index is 11.3. The van der Waals surface area contributed by atoms with Gasteiger partial charge in [-0.05, 0) is 38.5 Å². The van der Waals surface area contributed by atoms with Crippen LogP contribution in [-0.2, 0) is 4.74 Å². The molecule has 0 aromatic rings. The van der Waals surface area contributed by atoms with Gasteiger partial charge in [0.1, 0.15) is 0 Å². The van der Waals surface area contributed by atoms with Crippen LogP contribution in [-0.4, -0.2) is 29.5 Å². The molecule has 1 aliphatic carbocycles. The molecule has 1 saturated carbocycles. The number of nitrogens with two attached hydrogens (primary N) is 1. The van der Waals surface area contributed by atoms with E-state index < -0.39 is 5.60 Å². The first-order valence-corrected chi connectivity index (χ1v) is 7.99. The van der Waals surface area contributed by atoms with Gasteiger partial charge in [0.15, 0.2) is 0 Å². The molecule has 0 bridgehead atoms. The van der Waals surface area contributed by atoms with Crippen molar-refractivity contribution >= 4 is 0 Å². The van der Waals surface area contributed by atoms with E-state index >= 15 is 0 Å². The number of ether oxygens (including phenoxy) is 1. The minimum Gasteiger partial charge on any atom is -0.389 e. The molecule has 19 heavy (non-hydrogen) atoms. The van der Waals surface area contributed by atoms with Crippen LogP contribution < -0.4 is 5.73 Å². The van der Waals surface area contributed by atoms with Gasteiger partial charge in [0.2, 0.25) is 0 Å². The third-order valence-corrected chi connectivity index (χ3v) is 6.05. The van der Waals surface area contributed by atoms with Crippen molar-refractivity contribution in [2.45, 2.75) is 76.9 Å². The van der Waals surface area contributed by atoms with Crippen molar-refractivity contribution in [1.82, 2.24) is 0 Å². The predicted octanol–water partition coefficient (Wildman–Crippen LogP) is 2.85. The van der Waals surface area contributed by atoms with Crippen LogP contribution in [0.2, 0.25) is 0 Å². The maximum Gasteiger partial charge on any atom is 0.0765 e. The average molecular weight is 269 g/mol. The molecule has 0 radical (unpaired) electrons. The van der Waals surface area contributed by atoms with Gasteiger partial charge in [0.25, 0.3) is 0 Å². The molecule has 4 unspecified atom stereocenters. The van der Waals surface area contributed by atoms with Gasteiger partial charge in [-0.2, -0.15) is 0 Å². The van der Waals surface area contributed by atoms with Gasteiger partial charge in [0, 0.05) is 24.8 Å². The van der Waals surface area contributed by atoms with Crippen molar-refractivity contribution in [3.05, 3.63) is 0 Å². The molecule has 112 valence electrons. The number of rotatable bonds is 4. The van der Waals surface area contributed by atoms with Gasteiger partial charge in [-0.3, -0.25) is 0 Å². The molecule has 1 aliphatic heterocycles. The molecule has 3 heteroatoms. The van der Waals surface area contributed by atoms with Crippen LogP contribution in [0, 0.1) is 11.3 Å². The van der Waals surface area contributed by atoms with Gasteiger partial charge in [-0.25, -0.2) is 0 Å². The largest absolute Gasteiger partial charge is 0.389 e.